The molecule has 1 atom stereocenters. The number of ether oxygens (including phenoxy) is 1. The Morgan fingerprint density at radius 2 is 1.52 bits per heavy atom. The van der Waals surface area contributed by atoms with Crippen molar-refractivity contribution in [3.8, 4) is 0 Å². The van der Waals surface area contributed by atoms with Gasteiger partial charge in [0, 0.05) is 40.1 Å². The largest absolute Gasteiger partial charge is 0.465 e. The lowest BCUT2D eigenvalue weighted by Gasteiger charge is -2.31. The van der Waals surface area contributed by atoms with Gasteiger partial charge in [-0.1, -0.05) is 0 Å². The van der Waals surface area contributed by atoms with E-state index in [1.807, 2.05) is 0 Å². The van der Waals surface area contributed by atoms with Crippen molar-refractivity contribution in [1.82, 2.24) is 23.2 Å². The fraction of sp³-hybridized carbons (Fsp3) is 0.450. The smallest absolute Gasteiger partial charge is 0.330 e. The van der Waals surface area contributed by atoms with Gasteiger partial charge >= 0.3 is 17.3 Å². The van der Waals surface area contributed by atoms with Gasteiger partial charge in [-0.15, -0.1) is 0 Å². The third-order valence-corrected chi connectivity index (χ3v) is 5.63. The van der Waals surface area contributed by atoms with Gasteiger partial charge in [-0.05, 0) is 19.9 Å². The summed E-state index contributed by atoms with van der Waals surface area (Å²) in [5, 5.41) is 0.540. The van der Waals surface area contributed by atoms with Gasteiger partial charge in [0.25, 0.3) is 11.1 Å². The second kappa shape index (κ2) is 7.89. The molecule has 3 rings (SSSR count). The zero-order valence-electron chi connectivity index (χ0n) is 18.3. The number of nitrogens with zero attached hydrogens (tertiary/aromatic N) is 5. The van der Waals surface area contributed by atoms with Gasteiger partial charge in [-0.25, -0.2) is 9.59 Å². The minimum absolute atomic E-state index is 0.178. The molecule has 0 N–H and O–H groups in total. The Balaban J connectivity index is 2.41. The van der Waals surface area contributed by atoms with E-state index < -0.39 is 34.5 Å². The van der Waals surface area contributed by atoms with Crippen LogP contribution in [0.25, 0.3) is 12.3 Å². The summed E-state index contributed by atoms with van der Waals surface area (Å²) in [7, 11) is 5.80. The summed E-state index contributed by atoms with van der Waals surface area (Å²) in [5.41, 5.74) is -1.41. The molecule has 0 aromatic carbocycles. The van der Waals surface area contributed by atoms with E-state index in [1.54, 1.807) is 27.0 Å². The first-order chi connectivity index (χ1) is 14.5. The Morgan fingerprint density at radius 1 is 0.935 bits per heavy atom. The van der Waals surface area contributed by atoms with Crippen molar-refractivity contribution >= 4 is 18.2 Å². The van der Waals surface area contributed by atoms with Gasteiger partial charge in [0.2, 0.25) is 0 Å². The summed E-state index contributed by atoms with van der Waals surface area (Å²) in [6.45, 7) is 3.26. The maximum atomic E-state index is 13.0. The van der Waals surface area contributed by atoms with Crippen LogP contribution in [0.2, 0.25) is 0 Å². The highest BCUT2D eigenvalue weighted by Gasteiger charge is 2.28. The molecule has 3 heterocycles. The van der Waals surface area contributed by atoms with Crippen molar-refractivity contribution in [3.63, 3.8) is 0 Å². The van der Waals surface area contributed by atoms with Gasteiger partial charge in [-0.2, -0.15) is 0 Å². The molecule has 0 aliphatic carbocycles. The van der Waals surface area contributed by atoms with Crippen molar-refractivity contribution in [3.05, 3.63) is 63.5 Å². The maximum Gasteiger partial charge on any atom is 0.330 e. The molecule has 11 nitrogen and oxygen atoms in total. The third-order valence-electron chi connectivity index (χ3n) is 5.63. The Kier molecular flexibility index (Phi) is 5.62. The van der Waals surface area contributed by atoms with E-state index in [0.29, 0.717) is 11.0 Å². The fourth-order valence-corrected chi connectivity index (χ4v) is 3.75. The summed E-state index contributed by atoms with van der Waals surface area (Å²) in [6.07, 6.45) is 3.05. The monoisotopic (exact) mass is 431 g/mol. The predicted molar refractivity (Wildman–Crippen MR) is 113 cm³/mol. The zero-order valence-corrected chi connectivity index (χ0v) is 18.3. The molecule has 1 aliphatic rings. The van der Waals surface area contributed by atoms with Crippen molar-refractivity contribution in [1.29, 1.82) is 0 Å². The second-order valence-corrected chi connectivity index (χ2v) is 7.43. The van der Waals surface area contributed by atoms with Gasteiger partial charge in [0.05, 0.1) is 28.8 Å². The highest BCUT2D eigenvalue weighted by atomic mass is 16.5. The van der Waals surface area contributed by atoms with Crippen LogP contribution in [0, 0.1) is 6.92 Å². The number of aromatic nitrogens is 4. The highest BCUT2D eigenvalue weighted by Crippen LogP contribution is 2.23. The zero-order chi connectivity index (χ0) is 23.2. The molecule has 0 saturated carbocycles. The lowest BCUT2D eigenvalue weighted by Crippen LogP contribution is -2.59. The molecular weight excluding hydrogens is 406 g/mol. The number of hydrogen-bond acceptors (Lipinski definition) is 7. The third kappa shape index (κ3) is 3.45. The molecule has 31 heavy (non-hydrogen) atoms. The molecule has 1 aliphatic heterocycles. The SMILES string of the molecule is CCOC(=O)CN1C=c2c(c(=O)n(C)c(=O)n2C)=CC1c1c(C)n(C)c(=O)n(C)c1=O. The summed E-state index contributed by atoms with van der Waals surface area (Å²) < 4.78 is 9.65. The van der Waals surface area contributed by atoms with Gasteiger partial charge in [0.1, 0.15) is 6.54 Å². The Hall–Kier alpha value is -3.63. The quantitative estimate of drug-likeness (QED) is 0.472. The summed E-state index contributed by atoms with van der Waals surface area (Å²) >= 11 is 0. The number of carbonyl (C=O) groups excluding carboxylic acids is 1. The Labute approximate surface area is 176 Å². The molecule has 0 spiro atoms. The van der Waals surface area contributed by atoms with Crippen molar-refractivity contribution in [2.45, 2.75) is 19.9 Å². The molecule has 0 bridgehead atoms. The van der Waals surface area contributed by atoms with Crippen LogP contribution in [0.3, 0.4) is 0 Å². The minimum Gasteiger partial charge on any atom is -0.465 e. The van der Waals surface area contributed by atoms with E-state index in [1.165, 1.54) is 41.4 Å². The number of hydrogen-bond donors (Lipinski definition) is 0. The molecule has 0 radical (unpaired) electrons. The van der Waals surface area contributed by atoms with Crippen LogP contribution >= 0.6 is 0 Å². The average molecular weight is 431 g/mol. The Morgan fingerprint density at radius 3 is 2.13 bits per heavy atom. The van der Waals surface area contributed by atoms with Crippen LogP contribution in [-0.4, -0.2) is 42.3 Å². The molecule has 11 heteroatoms. The standard InChI is InChI=1S/C20H25N5O6/c1-7-31-15(26)10-25-9-14-12(17(27)23(5)20(30)22(14)4)8-13(25)16-11(2)21(3)19(29)24(6)18(16)28/h8-9,13H,7,10H2,1-6H3. The lowest BCUT2D eigenvalue weighted by atomic mass is 10.0. The molecule has 2 aromatic heterocycles. The van der Waals surface area contributed by atoms with Crippen molar-refractivity contribution < 1.29 is 9.53 Å². The summed E-state index contributed by atoms with van der Waals surface area (Å²) in [6, 6.07) is -0.826. The maximum absolute atomic E-state index is 13.0. The molecule has 0 fully saturated rings. The first kappa shape index (κ1) is 22.1. The normalized spacial score (nSPS) is 15.2. The number of esters is 1. The van der Waals surface area contributed by atoms with Gasteiger partial charge < -0.3 is 14.2 Å². The van der Waals surface area contributed by atoms with E-state index in [4.69, 9.17) is 4.74 Å². The molecule has 0 amide bonds. The first-order valence-corrected chi connectivity index (χ1v) is 9.68. The molecular formula is C20H25N5O6. The highest BCUT2D eigenvalue weighted by molar-refractivity contribution is 5.73. The van der Waals surface area contributed by atoms with Crippen LogP contribution in [-0.2, 0) is 37.7 Å². The van der Waals surface area contributed by atoms with E-state index in [0.717, 1.165) is 9.13 Å². The topological polar surface area (TPSA) is 118 Å². The summed E-state index contributed by atoms with van der Waals surface area (Å²) in [4.78, 5) is 64.3. The second-order valence-electron chi connectivity index (χ2n) is 7.43. The van der Waals surface area contributed by atoms with Crippen LogP contribution in [0.5, 0.6) is 0 Å². The average Bonchev–Trinajstić information content (AvgIpc) is 2.74. The number of fused-ring (bicyclic) bond motifs is 1. The number of rotatable bonds is 4. The first-order valence-electron chi connectivity index (χ1n) is 9.68. The molecule has 0 saturated heterocycles. The van der Waals surface area contributed by atoms with Crippen LogP contribution in [0.15, 0.2) is 19.2 Å². The van der Waals surface area contributed by atoms with E-state index in [9.17, 15) is 24.0 Å². The van der Waals surface area contributed by atoms with Crippen molar-refractivity contribution in [2.75, 3.05) is 13.2 Å². The van der Waals surface area contributed by atoms with Crippen LogP contribution in [0.4, 0.5) is 0 Å². The van der Waals surface area contributed by atoms with Crippen LogP contribution < -0.4 is 33.1 Å². The van der Waals surface area contributed by atoms with Gasteiger partial charge in [0.15, 0.2) is 0 Å². The molecule has 1 unspecified atom stereocenters. The molecule has 2 aromatic rings. The fourth-order valence-electron chi connectivity index (χ4n) is 3.75. The molecule has 166 valence electrons. The van der Waals surface area contributed by atoms with Gasteiger partial charge in [-0.3, -0.25) is 28.1 Å². The predicted octanol–water partition coefficient (Wildman–Crippen LogP) is -3.07. The minimum atomic E-state index is -0.826. The summed E-state index contributed by atoms with van der Waals surface area (Å²) in [5.74, 6) is -0.534. The lowest BCUT2D eigenvalue weighted by molar-refractivity contribution is -0.143. The van der Waals surface area contributed by atoms with E-state index >= 15 is 0 Å². The van der Waals surface area contributed by atoms with Crippen molar-refractivity contribution in [2.24, 2.45) is 28.2 Å². The van der Waals surface area contributed by atoms with E-state index in [2.05, 4.69) is 0 Å². The van der Waals surface area contributed by atoms with Crippen LogP contribution in [0.1, 0.15) is 24.2 Å². The Bertz CT molecular complexity index is 1440. The number of carbonyl (C=O) groups is 1. The van der Waals surface area contributed by atoms with E-state index in [-0.39, 0.29) is 23.9 Å².